The lowest BCUT2D eigenvalue weighted by Crippen LogP contribution is -2.53. The predicted molar refractivity (Wildman–Crippen MR) is 95.0 cm³/mol. The molecule has 2 fully saturated rings. The van der Waals surface area contributed by atoms with Crippen molar-refractivity contribution in [2.24, 2.45) is 0 Å². The average Bonchev–Trinajstić information content (AvgIpc) is 3.00. The third-order valence-corrected chi connectivity index (χ3v) is 4.82. The number of hydrogen-bond acceptors (Lipinski definition) is 5. The second kappa shape index (κ2) is 8.36. The summed E-state index contributed by atoms with van der Waals surface area (Å²) in [6.45, 7) is 3.84. The second-order valence-electron chi connectivity index (χ2n) is 6.82. The molecule has 0 aromatic heterocycles. The number of carbonyl (C=O) groups is 1. The number of carbonyl (C=O) groups excluding carboxylic acids is 1. The van der Waals surface area contributed by atoms with Crippen LogP contribution in [0.4, 0.5) is 0 Å². The van der Waals surface area contributed by atoms with E-state index in [1.165, 1.54) is 0 Å². The first-order valence-corrected chi connectivity index (χ1v) is 9.11. The first kappa shape index (κ1) is 18.5. The van der Waals surface area contributed by atoms with Crippen molar-refractivity contribution in [2.45, 2.75) is 18.4 Å². The van der Waals surface area contributed by atoms with Gasteiger partial charge >= 0.3 is 0 Å². The van der Waals surface area contributed by atoms with Gasteiger partial charge in [-0.2, -0.15) is 0 Å². The molecule has 1 aromatic rings. The van der Waals surface area contributed by atoms with Crippen molar-refractivity contribution in [1.29, 1.82) is 0 Å². The van der Waals surface area contributed by atoms with Gasteiger partial charge in [-0.05, 0) is 44.1 Å². The predicted octanol–water partition coefficient (Wildman–Crippen LogP) is 1.40. The van der Waals surface area contributed by atoms with Crippen LogP contribution in [0.3, 0.4) is 0 Å². The summed E-state index contributed by atoms with van der Waals surface area (Å²) in [7, 11) is 0. The summed E-state index contributed by atoms with van der Waals surface area (Å²) in [5.41, 5.74) is -1.04. The van der Waals surface area contributed by atoms with Crippen molar-refractivity contribution in [3.63, 3.8) is 0 Å². The molecule has 2 aliphatic rings. The number of amides is 1. The van der Waals surface area contributed by atoms with Crippen LogP contribution in [0.2, 0.25) is 5.02 Å². The minimum atomic E-state index is -1.04. The molecule has 3 rings (SSSR count). The Balaban J connectivity index is 1.56. The van der Waals surface area contributed by atoms with Crippen LogP contribution < -0.4 is 4.74 Å². The molecule has 0 spiro atoms. The van der Waals surface area contributed by atoms with Gasteiger partial charge in [-0.1, -0.05) is 17.7 Å². The number of nitrogens with zero attached hydrogens (tertiary/aromatic N) is 2. The number of β-amino-alcohol motifs (C(OH)–C–C–N with tert-alkyl or cyclic N) is 1. The maximum Gasteiger partial charge on any atom is 0.260 e. The Labute approximate surface area is 153 Å². The molecular weight excluding hydrogens is 344 g/mol. The molecule has 1 amide bonds. The zero-order valence-electron chi connectivity index (χ0n) is 14.3. The molecule has 0 aliphatic carbocycles. The molecule has 0 bridgehead atoms. The van der Waals surface area contributed by atoms with Crippen molar-refractivity contribution in [3.8, 4) is 5.75 Å². The topological polar surface area (TPSA) is 62.2 Å². The monoisotopic (exact) mass is 368 g/mol. The van der Waals surface area contributed by atoms with Gasteiger partial charge in [0.05, 0.1) is 19.8 Å². The van der Waals surface area contributed by atoms with E-state index >= 15 is 0 Å². The zero-order valence-corrected chi connectivity index (χ0v) is 15.1. The van der Waals surface area contributed by atoms with E-state index in [-0.39, 0.29) is 25.7 Å². The van der Waals surface area contributed by atoms with Gasteiger partial charge in [-0.3, -0.25) is 4.79 Å². The van der Waals surface area contributed by atoms with Crippen LogP contribution in [0.15, 0.2) is 24.3 Å². The standard InChI is InChI=1S/C18H25ClN2O4/c19-15-4-3-5-16(10-15)25-11-17(22)21-8-9-24-14-18(23,13-21)12-20-6-1-2-7-20/h3-5,10,23H,1-2,6-9,11-14H2/t18-/m0/s1. The summed E-state index contributed by atoms with van der Waals surface area (Å²) >= 11 is 5.92. The fraction of sp³-hybridized carbons (Fsp3) is 0.611. The first-order chi connectivity index (χ1) is 12.0. The van der Waals surface area contributed by atoms with E-state index in [0.29, 0.717) is 30.5 Å². The van der Waals surface area contributed by atoms with Crippen molar-refractivity contribution >= 4 is 17.5 Å². The average molecular weight is 369 g/mol. The number of ether oxygens (including phenoxy) is 2. The molecule has 7 heteroatoms. The van der Waals surface area contributed by atoms with E-state index in [0.717, 1.165) is 25.9 Å². The van der Waals surface area contributed by atoms with Crippen LogP contribution in [0.5, 0.6) is 5.75 Å². The zero-order chi connectivity index (χ0) is 17.7. The van der Waals surface area contributed by atoms with Gasteiger partial charge in [0, 0.05) is 18.1 Å². The molecule has 2 heterocycles. The van der Waals surface area contributed by atoms with Crippen LogP contribution in [0.1, 0.15) is 12.8 Å². The molecule has 1 atom stereocenters. The number of likely N-dealkylation sites (tertiary alicyclic amines) is 1. The molecule has 0 radical (unpaired) electrons. The normalized spacial score (nSPS) is 25.0. The molecule has 138 valence electrons. The minimum absolute atomic E-state index is 0.0832. The molecule has 0 saturated carbocycles. The Morgan fingerprint density at radius 1 is 1.32 bits per heavy atom. The van der Waals surface area contributed by atoms with Gasteiger partial charge in [-0.25, -0.2) is 0 Å². The van der Waals surface area contributed by atoms with Gasteiger partial charge in [0.15, 0.2) is 6.61 Å². The Morgan fingerprint density at radius 2 is 2.12 bits per heavy atom. The third kappa shape index (κ3) is 5.31. The van der Waals surface area contributed by atoms with Gasteiger partial charge < -0.3 is 24.4 Å². The van der Waals surface area contributed by atoms with Crippen LogP contribution in [-0.4, -0.2) is 79.0 Å². The van der Waals surface area contributed by atoms with E-state index in [1.807, 2.05) is 0 Å². The van der Waals surface area contributed by atoms with Crippen LogP contribution in [0, 0.1) is 0 Å². The van der Waals surface area contributed by atoms with Crippen molar-refractivity contribution in [1.82, 2.24) is 9.80 Å². The smallest absolute Gasteiger partial charge is 0.260 e. The number of halogens is 1. The number of hydrogen-bond donors (Lipinski definition) is 1. The summed E-state index contributed by atoms with van der Waals surface area (Å²) in [5.74, 6) is 0.393. The number of aliphatic hydroxyl groups is 1. The Bertz CT molecular complexity index is 594. The fourth-order valence-electron chi connectivity index (χ4n) is 3.38. The third-order valence-electron chi connectivity index (χ3n) is 4.59. The lowest BCUT2D eigenvalue weighted by atomic mass is 10.0. The van der Waals surface area contributed by atoms with E-state index < -0.39 is 5.60 Å². The summed E-state index contributed by atoms with van der Waals surface area (Å²) in [6, 6.07) is 6.95. The summed E-state index contributed by atoms with van der Waals surface area (Å²) < 4.78 is 11.1. The largest absolute Gasteiger partial charge is 0.484 e. The van der Waals surface area contributed by atoms with Crippen molar-refractivity contribution in [3.05, 3.63) is 29.3 Å². The molecule has 2 aliphatic heterocycles. The van der Waals surface area contributed by atoms with Crippen LogP contribution in [0.25, 0.3) is 0 Å². The first-order valence-electron chi connectivity index (χ1n) is 8.73. The van der Waals surface area contributed by atoms with Crippen LogP contribution >= 0.6 is 11.6 Å². The second-order valence-corrected chi connectivity index (χ2v) is 7.26. The van der Waals surface area contributed by atoms with Crippen molar-refractivity contribution < 1.29 is 19.4 Å². The maximum atomic E-state index is 12.5. The molecule has 25 heavy (non-hydrogen) atoms. The highest BCUT2D eigenvalue weighted by molar-refractivity contribution is 6.30. The van der Waals surface area contributed by atoms with E-state index in [9.17, 15) is 9.90 Å². The number of rotatable bonds is 5. The SMILES string of the molecule is O=C(COc1cccc(Cl)c1)N1CCOC[C@](O)(CN2CCCC2)C1. The van der Waals surface area contributed by atoms with Gasteiger partial charge in [0.1, 0.15) is 11.4 Å². The fourth-order valence-corrected chi connectivity index (χ4v) is 3.56. The van der Waals surface area contributed by atoms with E-state index in [4.69, 9.17) is 21.1 Å². The van der Waals surface area contributed by atoms with Gasteiger partial charge in [0.25, 0.3) is 5.91 Å². The lowest BCUT2D eigenvalue weighted by Gasteiger charge is -2.33. The van der Waals surface area contributed by atoms with E-state index in [2.05, 4.69) is 4.90 Å². The van der Waals surface area contributed by atoms with Crippen molar-refractivity contribution in [2.75, 3.05) is 52.5 Å². The van der Waals surface area contributed by atoms with Gasteiger partial charge in [-0.15, -0.1) is 0 Å². The molecule has 2 saturated heterocycles. The lowest BCUT2D eigenvalue weighted by molar-refractivity contribution is -0.136. The van der Waals surface area contributed by atoms with Gasteiger partial charge in [0.2, 0.25) is 0 Å². The number of benzene rings is 1. The Morgan fingerprint density at radius 3 is 2.88 bits per heavy atom. The van der Waals surface area contributed by atoms with E-state index in [1.54, 1.807) is 29.2 Å². The maximum absolute atomic E-state index is 12.5. The summed E-state index contributed by atoms with van der Waals surface area (Å²) in [5, 5.41) is 11.5. The Kier molecular flexibility index (Phi) is 6.17. The molecular formula is C18H25ClN2O4. The highest BCUT2D eigenvalue weighted by Crippen LogP contribution is 2.19. The minimum Gasteiger partial charge on any atom is -0.484 e. The highest BCUT2D eigenvalue weighted by atomic mass is 35.5. The highest BCUT2D eigenvalue weighted by Gasteiger charge is 2.36. The van der Waals surface area contributed by atoms with Crippen LogP contribution in [-0.2, 0) is 9.53 Å². The Hall–Kier alpha value is -1.34. The quantitative estimate of drug-likeness (QED) is 0.851. The molecule has 1 N–H and O–H groups in total. The molecule has 1 aromatic carbocycles. The summed E-state index contributed by atoms with van der Waals surface area (Å²) in [4.78, 5) is 16.4. The molecule has 6 nitrogen and oxygen atoms in total. The summed E-state index contributed by atoms with van der Waals surface area (Å²) in [6.07, 6.45) is 2.32. The molecule has 0 unspecified atom stereocenters.